The van der Waals surface area contributed by atoms with Crippen molar-refractivity contribution in [2.75, 3.05) is 0 Å². The van der Waals surface area contributed by atoms with Gasteiger partial charge in [-0.2, -0.15) is 26.3 Å². The molecule has 6 nitrogen and oxygen atoms in total. The Morgan fingerprint density at radius 1 is 0.833 bits per heavy atom. The maximum atomic E-state index is 10.8. The molecule has 0 heterocycles. The Balaban J connectivity index is -0.0000000594. The fourth-order valence-electron chi connectivity index (χ4n) is 0. The minimum atomic E-state index is -5.59. The summed E-state index contributed by atoms with van der Waals surface area (Å²) in [6.07, 6.45) is 0. The third-order valence-corrected chi connectivity index (χ3v) is 1.88. The van der Waals surface area contributed by atoms with E-state index < -0.39 is 31.1 Å². The number of sulfonamides is 2. The summed E-state index contributed by atoms with van der Waals surface area (Å²) in [5.41, 5.74) is -10.7. The zero-order valence-electron chi connectivity index (χ0n) is 9.79. The maximum absolute atomic E-state index is 10.8. The molecule has 0 atom stereocenters. The van der Waals surface area contributed by atoms with Gasteiger partial charge in [0.15, 0.2) is 10.0 Å². The first-order valence-corrected chi connectivity index (χ1v) is 5.68. The molecule has 0 bridgehead atoms. The van der Waals surface area contributed by atoms with Gasteiger partial charge in [0.05, 0.1) is 0 Å². The molecule has 0 aliphatic carbocycles. The quantitative estimate of drug-likeness (QED) is 0.355. The molecule has 0 aromatic carbocycles. The van der Waals surface area contributed by atoms with Crippen LogP contribution in [0.4, 0.5) is 26.3 Å². The average molecular weight is 312 g/mol. The van der Waals surface area contributed by atoms with Crippen LogP contribution in [0.5, 0.6) is 0 Å². The molecule has 16 heteroatoms. The predicted octanol–water partition coefficient (Wildman–Crippen LogP) is -5.20. The second-order valence-corrected chi connectivity index (χ2v) is 4.96. The van der Waals surface area contributed by atoms with E-state index in [-0.39, 0.29) is 39.1 Å². The standard InChI is InChI=1S/CH2F3NO2S.CHF3NO2S.2Li.H/c2*2-1(3,4)8(5,6)7;;;/h(H2,5,6,7);(H-,5,6,7);;;/q;-1;2*+1;-1. The van der Waals surface area contributed by atoms with Crippen molar-refractivity contribution in [1.82, 2.24) is 0 Å². The number of hydrogen-bond acceptors (Lipinski definition) is 4. The summed E-state index contributed by atoms with van der Waals surface area (Å²) < 4.78 is 102. The minimum absolute atomic E-state index is 0. The summed E-state index contributed by atoms with van der Waals surface area (Å²) in [7, 11) is -10.9. The molecule has 0 aliphatic heterocycles. The fourth-order valence-corrected chi connectivity index (χ4v) is 0. The number of alkyl halides is 6. The average Bonchev–Trinajstić information content (AvgIpc) is 1.77. The van der Waals surface area contributed by atoms with Crippen LogP contribution in [0.2, 0.25) is 0 Å². The molecule has 0 radical (unpaired) electrons. The Kier molecular flexibility index (Phi) is 12.0. The molecule has 0 saturated carbocycles. The van der Waals surface area contributed by atoms with E-state index in [1.807, 2.05) is 0 Å². The van der Waals surface area contributed by atoms with Gasteiger partial charge in [-0.3, -0.25) is 0 Å². The zero-order chi connectivity index (χ0) is 14.0. The third kappa shape index (κ3) is 11.7. The molecule has 0 rings (SSSR count). The first-order valence-electron chi connectivity index (χ1n) is 2.65. The second kappa shape index (κ2) is 8.01. The van der Waals surface area contributed by atoms with E-state index in [1.54, 1.807) is 0 Å². The predicted molar refractivity (Wildman–Crippen MR) is 39.6 cm³/mol. The molecular formula is C2H4F6Li2N2O4S2. The van der Waals surface area contributed by atoms with Crippen LogP contribution in [0.1, 0.15) is 1.43 Å². The summed E-state index contributed by atoms with van der Waals surface area (Å²) in [6.45, 7) is 0. The number of nitrogens with one attached hydrogen (secondary N) is 1. The summed E-state index contributed by atoms with van der Waals surface area (Å²) in [6, 6.07) is 0. The van der Waals surface area contributed by atoms with E-state index in [0.29, 0.717) is 0 Å². The van der Waals surface area contributed by atoms with E-state index in [9.17, 15) is 43.2 Å². The van der Waals surface area contributed by atoms with Crippen molar-refractivity contribution in [3.63, 3.8) is 0 Å². The number of rotatable bonds is 0. The number of hydrogen-bond donors (Lipinski definition) is 1. The monoisotopic (exact) mass is 312 g/mol. The molecule has 3 N–H and O–H groups in total. The summed E-state index contributed by atoms with van der Waals surface area (Å²) in [5, 5.41) is 9.09. The van der Waals surface area contributed by atoms with Crippen molar-refractivity contribution in [3.8, 4) is 0 Å². The first-order chi connectivity index (χ1) is 6.50. The number of halogens is 6. The van der Waals surface area contributed by atoms with E-state index >= 15 is 0 Å². The van der Waals surface area contributed by atoms with Crippen LogP contribution in [0.15, 0.2) is 0 Å². The molecular weight excluding hydrogens is 308 g/mol. The van der Waals surface area contributed by atoms with Crippen molar-refractivity contribution in [3.05, 3.63) is 5.14 Å². The molecule has 0 unspecified atom stereocenters. The van der Waals surface area contributed by atoms with Gasteiger partial charge in [0.25, 0.3) is 0 Å². The van der Waals surface area contributed by atoms with Gasteiger partial charge < -0.3 is 6.57 Å². The third-order valence-electron chi connectivity index (χ3n) is 0.627. The van der Waals surface area contributed by atoms with E-state index in [0.717, 1.165) is 0 Å². The molecule has 0 aromatic heterocycles. The van der Waals surface area contributed by atoms with Gasteiger partial charge in [0, 0.05) is 0 Å². The molecule has 0 amide bonds. The van der Waals surface area contributed by atoms with Crippen molar-refractivity contribution < 1.29 is 82.3 Å². The molecule has 102 valence electrons. The van der Waals surface area contributed by atoms with Crippen LogP contribution in [0.3, 0.4) is 0 Å². The molecule has 18 heavy (non-hydrogen) atoms. The van der Waals surface area contributed by atoms with Gasteiger partial charge in [-0.05, 0) is 0 Å². The minimum Gasteiger partial charge on any atom is -1.00 e. The Labute approximate surface area is 123 Å². The molecule has 0 aliphatic rings. The van der Waals surface area contributed by atoms with Gasteiger partial charge in [-0.25, -0.2) is 22.0 Å². The van der Waals surface area contributed by atoms with Crippen molar-refractivity contribution in [2.45, 2.75) is 11.0 Å². The Bertz CT molecular complexity index is 389. The molecule has 0 saturated heterocycles. The van der Waals surface area contributed by atoms with E-state index in [4.69, 9.17) is 5.14 Å². The molecule has 0 spiro atoms. The van der Waals surface area contributed by atoms with Crippen LogP contribution in [0, 0.1) is 0 Å². The van der Waals surface area contributed by atoms with Gasteiger partial charge in [0.1, 0.15) is 0 Å². The normalized spacial score (nSPS) is 12.4. The van der Waals surface area contributed by atoms with Crippen LogP contribution in [-0.2, 0) is 20.0 Å². The van der Waals surface area contributed by atoms with E-state index in [1.165, 1.54) is 0 Å². The topological polar surface area (TPSA) is 118 Å². The van der Waals surface area contributed by atoms with Gasteiger partial charge in [-0.1, -0.05) is 0 Å². The number of nitrogens with two attached hydrogens (primary N) is 1. The largest absolute Gasteiger partial charge is 1.00 e. The van der Waals surface area contributed by atoms with Gasteiger partial charge in [-0.15, -0.1) is 0 Å². The van der Waals surface area contributed by atoms with Crippen LogP contribution in [0.25, 0.3) is 5.14 Å². The summed E-state index contributed by atoms with van der Waals surface area (Å²) in [4.78, 5) is 0. The van der Waals surface area contributed by atoms with Crippen LogP contribution < -0.4 is 42.9 Å². The van der Waals surface area contributed by atoms with Gasteiger partial charge >= 0.3 is 58.8 Å². The van der Waals surface area contributed by atoms with Crippen molar-refractivity contribution in [1.29, 1.82) is 0 Å². The Morgan fingerprint density at radius 2 is 0.944 bits per heavy atom. The Hall–Kier alpha value is 0.595. The van der Waals surface area contributed by atoms with Crippen LogP contribution in [-0.4, -0.2) is 27.9 Å². The summed E-state index contributed by atoms with van der Waals surface area (Å²) in [5.74, 6) is 0. The molecule has 0 fully saturated rings. The zero-order valence-corrected chi connectivity index (χ0v) is 10.4. The Morgan fingerprint density at radius 3 is 0.944 bits per heavy atom. The smallest absolute Gasteiger partial charge is 1.00 e. The number of primary sulfonamides is 1. The van der Waals surface area contributed by atoms with Crippen molar-refractivity contribution >= 4 is 20.0 Å². The van der Waals surface area contributed by atoms with Crippen LogP contribution >= 0.6 is 0 Å². The SMILES string of the molecule is NS(=O)(=O)C(F)(F)F.[H-].[Li+].[Li+].[NH-]S(=O)(=O)C(F)(F)F. The second-order valence-electron chi connectivity index (χ2n) is 1.94. The van der Waals surface area contributed by atoms with Gasteiger partial charge in [0.2, 0.25) is 0 Å². The molecule has 0 aromatic rings. The fraction of sp³-hybridized carbons (Fsp3) is 1.00. The maximum Gasteiger partial charge on any atom is 1.00 e. The first kappa shape index (κ1) is 27.0. The summed E-state index contributed by atoms with van der Waals surface area (Å²) >= 11 is 0. The van der Waals surface area contributed by atoms with E-state index in [2.05, 4.69) is 5.14 Å². The van der Waals surface area contributed by atoms with Crippen molar-refractivity contribution in [2.24, 2.45) is 5.14 Å².